The molecule has 0 atom stereocenters. The van der Waals surface area contributed by atoms with Crippen LogP contribution in [0.15, 0.2) is 30.0 Å². The number of nitrogens with zero attached hydrogens (tertiary/aromatic N) is 1. The van der Waals surface area contributed by atoms with Crippen molar-refractivity contribution in [2.75, 3.05) is 11.9 Å². The third-order valence-corrected chi connectivity index (χ3v) is 2.60. The quantitative estimate of drug-likeness (QED) is 0.522. The van der Waals surface area contributed by atoms with E-state index in [-0.39, 0.29) is 17.9 Å². The number of hydrogen-bond donors (Lipinski definition) is 1. The van der Waals surface area contributed by atoms with Crippen LogP contribution < -0.4 is 5.32 Å². The highest BCUT2D eigenvalue weighted by Gasteiger charge is 2.33. The van der Waals surface area contributed by atoms with Crippen LogP contribution in [0, 0.1) is 11.3 Å². The van der Waals surface area contributed by atoms with Gasteiger partial charge >= 0.3 is 12.1 Å². The Balaban J connectivity index is 2.99. The van der Waals surface area contributed by atoms with E-state index >= 15 is 0 Å². The van der Waals surface area contributed by atoms with Gasteiger partial charge in [-0.1, -0.05) is 11.6 Å². The Hall–Kier alpha value is -2.20. The van der Waals surface area contributed by atoms with E-state index < -0.39 is 22.7 Å². The molecule has 0 saturated carbocycles. The van der Waals surface area contributed by atoms with E-state index in [4.69, 9.17) is 16.9 Å². The van der Waals surface area contributed by atoms with E-state index in [1.165, 1.54) is 6.07 Å². The fourth-order valence-electron chi connectivity index (χ4n) is 1.33. The molecule has 1 aromatic carbocycles. The molecule has 0 heterocycles. The van der Waals surface area contributed by atoms with Crippen LogP contribution in [0.5, 0.6) is 0 Å². The molecule has 0 fully saturated rings. The molecule has 0 unspecified atom stereocenters. The highest BCUT2D eigenvalue weighted by Crippen LogP contribution is 2.36. The molecule has 0 radical (unpaired) electrons. The van der Waals surface area contributed by atoms with E-state index in [0.717, 1.165) is 18.3 Å². The molecule has 1 aromatic rings. The van der Waals surface area contributed by atoms with Gasteiger partial charge in [-0.2, -0.15) is 18.4 Å². The van der Waals surface area contributed by atoms with Gasteiger partial charge in [0.1, 0.15) is 6.07 Å². The van der Waals surface area contributed by atoms with Crippen molar-refractivity contribution < 1.29 is 22.7 Å². The largest absolute Gasteiger partial charge is 0.462 e. The summed E-state index contributed by atoms with van der Waals surface area (Å²) in [5.41, 5.74) is -1.35. The molecule has 0 bridgehead atoms. The summed E-state index contributed by atoms with van der Waals surface area (Å²) in [5.74, 6) is -0.863. The maximum atomic E-state index is 12.7. The topological polar surface area (TPSA) is 62.1 Å². The summed E-state index contributed by atoms with van der Waals surface area (Å²) in [6.45, 7) is 1.64. The number of rotatable bonds is 4. The standard InChI is InChI=1S/C13H10ClF3N2O2/c1-2-21-12(20)8(6-18)7-19-9-3-4-11(14)10(5-9)13(15,16)17/h3-5,7,19H,2H2,1H3. The summed E-state index contributed by atoms with van der Waals surface area (Å²) in [7, 11) is 0. The molecule has 0 aliphatic rings. The highest BCUT2D eigenvalue weighted by molar-refractivity contribution is 6.31. The first-order valence-electron chi connectivity index (χ1n) is 5.70. The smallest absolute Gasteiger partial charge is 0.417 e. The Morgan fingerprint density at radius 2 is 2.19 bits per heavy atom. The minimum absolute atomic E-state index is 0.0313. The molecular weight excluding hydrogens is 309 g/mol. The number of alkyl halides is 3. The number of carbonyl (C=O) groups is 1. The normalized spacial score (nSPS) is 11.7. The van der Waals surface area contributed by atoms with Crippen LogP contribution in [0.2, 0.25) is 5.02 Å². The number of hydrogen-bond acceptors (Lipinski definition) is 4. The summed E-state index contributed by atoms with van der Waals surface area (Å²) < 4.78 is 42.6. The third-order valence-electron chi connectivity index (χ3n) is 2.27. The second kappa shape index (κ2) is 6.99. The Bertz CT molecular complexity index is 606. The second-order valence-electron chi connectivity index (χ2n) is 3.73. The molecule has 21 heavy (non-hydrogen) atoms. The van der Waals surface area contributed by atoms with Crippen molar-refractivity contribution in [3.05, 3.63) is 40.6 Å². The summed E-state index contributed by atoms with van der Waals surface area (Å²) in [5, 5.41) is 10.8. The van der Waals surface area contributed by atoms with Crippen LogP contribution >= 0.6 is 11.6 Å². The SMILES string of the molecule is CCOC(=O)C(C#N)=CNc1ccc(Cl)c(C(F)(F)F)c1. The molecular formula is C13H10ClF3N2O2. The van der Waals surface area contributed by atoms with Gasteiger partial charge in [0.15, 0.2) is 5.57 Å². The molecule has 0 aliphatic carbocycles. The molecule has 1 rings (SSSR count). The van der Waals surface area contributed by atoms with Crippen LogP contribution in [0.1, 0.15) is 12.5 Å². The Morgan fingerprint density at radius 3 is 2.71 bits per heavy atom. The molecule has 0 aromatic heterocycles. The lowest BCUT2D eigenvalue weighted by molar-refractivity contribution is -0.138. The number of benzene rings is 1. The first-order chi connectivity index (χ1) is 9.79. The van der Waals surface area contributed by atoms with Gasteiger partial charge in [0.25, 0.3) is 0 Å². The highest BCUT2D eigenvalue weighted by atomic mass is 35.5. The maximum absolute atomic E-state index is 12.7. The zero-order valence-electron chi connectivity index (χ0n) is 10.8. The number of esters is 1. The van der Waals surface area contributed by atoms with Crippen molar-refractivity contribution in [3.63, 3.8) is 0 Å². The van der Waals surface area contributed by atoms with Crippen molar-refractivity contribution in [1.82, 2.24) is 0 Å². The number of carbonyl (C=O) groups excluding carboxylic acids is 1. The third kappa shape index (κ3) is 4.68. The molecule has 0 amide bonds. The minimum atomic E-state index is -4.60. The average Bonchev–Trinajstić information content (AvgIpc) is 2.40. The molecule has 0 saturated heterocycles. The first-order valence-corrected chi connectivity index (χ1v) is 6.08. The lowest BCUT2D eigenvalue weighted by Crippen LogP contribution is -2.09. The van der Waals surface area contributed by atoms with Gasteiger partial charge in [-0.3, -0.25) is 0 Å². The number of nitriles is 1. The summed E-state index contributed by atoms with van der Waals surface area (Å²) >= 11 is 5.47. The van der Waals surface area contributed by atoms with Crippen molar-refractivity contribution in [2.24, 2.45) is 0 Å². The van der Waals surface area contributed by atoms with E-state index in [1.54, 1.807) is 13.0 Å². The maximum Gasteiger partial charge on any atom is 0.417 e. The number of anilines is 1. The van der Waals surface area contributed by atoms with Crippen LogP contribution in [0.25, 0.3) is 0 Å². The van der Waals surface area contributed by atoms with Crippen molar-refractivity contribution >= 4 is 23.3 Å². The Morgan fingerprint density at radius 1 is 1.52 bits per heavy atom. The van der Waals surface area contributed by atoms with Crippen LogP contribution in [0.4, 0.5) is 18.9 Å². The van der Waals surface area contributed by atoms with Crippen molar-refractivity contribution in [1.29, 1.82) is 5.26 Å². The number of ether oxygens (including phenoxy) is 1. The van der Waals surface area contributed by atoms with Crippen LogP contribution in [-0.4, -0.2) is 12.6 Å². The van der Waals surface area contributed by atoms with E-state index in [2.05, 4.69) is 10.1 Å². The molecule has 1 N–H and O–H groups in total. The molecule has 8 heteroatoms. The van der Waals surface area contributed by atoms with Crippen molar-refractivity contribution in [2.45, 2.75) is 13.1 Å². The minimum Gasteiger partial charge on any atom is -0.462 e. The van der Waals surface area contributed by atoms with Gasteiger partial charge in [-0.25, -0.2) is 4.79 Å². The predicted octanol–water partition coefficient (Wildman–Crippen LogP) is 3.74. The Labute approximate surface area is 123 Å². The monoisotopic (exact) mass is 318 g/mol. The fourth-order valence-corrected chi connectivity index (χ4v) is 1.56. The van der Waals surface area contributed by atoms with Crippen molar-refractivity contribution in [3.8, 4) is 6.07 Å². The molecule has 112 valence electrons. The average molecular weight is 319 g/mol. The van der Waals surface area contributed by atoms with Gasteiger partial charge in [0, 0.05) is 11.9 Å². The Kier molecular flexibility index (Phi) is 5.61. The zero-order chi connectivity index (χ0) is 16.0. The summed E-state index contributed by atoms with van der Waals surface area (Å²) in [6.07, 6.45) is -3.63. The second-order valence-corrected chi connectivity index (χ2v) is 4.13. The van der Waals surface area contributed by atoms with E-state index in [9.17, 15) is 18.0 Å². The van der Waals surface area contributed by atoms with Gasteiger partial charge in [0.05, 0.1) is 17.2 Å². The number of halogens is 4. The van der Waals surface area contributed by atoms with Gasteiger partial charge < -0.3 is 10.1 Å². The summed E-state index contributed by atoms with van der Waals surface area (Å²) in [6, 6.07) is 4.72. The van der Waals surface area contributed by atoms with Gasteiger partial charge in [-0.15, -0.1) is 0 Å². The van der Waals surface area contributed by atoms with Crippen LogP contribution in [-0.2, 0) is 15.7 Å². The van der Waals surface area contributed by atoms with Gasteiger partial charge in [-0.05, 0) is 25.1 Å². The van der Waals surface area contributed by atoms with Crippen LogP contribution in [0.3, 0.4) is 0 Å². The first kappa shape index (κ1) is 16.9. The summed E-state index contributed by atoms with van der Waals surface area (Å²) in [4.78, 5) is 11.3. The zero-order valence-corrected chi connectivity index (χ0v) is 11.5. The lowest BCUT2D eigenvalue weighted by atomic mass is 10.2. The van der Waals surface area contributed by atoms with E-state index in [1.807, 2.05) is 0 Å². The molecule has 4 nitrogen and oxygen atoms in total. The van der Waals surface area contributed by atoms with E-state index in [0.29, 0.717) is 0 Å². The molecule has 0 aliphatic heterocycles. The predicted molar refractivity (Wildman–Crippen MR) is 70.4 cm³/mol. The molecule has 0 spiro atoms. The van der Waals surface area contributed by atoms with Gasteiger partial charge in [0.2, 0.25) is 0 Å². The number of nitrogens with one attached hydrogen (secondary N) is 1. The lowest BCUT2D eigenvalue weighted by Gasteiger charge is -2.11. The fraction of sp³-hybridized carbons (Fsp3) is 0.231.